The van der Waals surface area contributed by atoms with Crippen LogP contribution in [0.5, 0.6) is 5.75 Å². The molecule has 1 unspecified atom stereocenters. The molecule has 0 bridgehead atoms. The van der Waals surface area contributed by atoms with Gasteiger partial charge in [0, 0.05) is 16.3 Å². The van der Waals surface area contributed by atoms with Crippen LogP contribution in [0.4, 0.5) is 0 Å². The number of methoxy groups -OCH3 is 1. The molecule has 0 aliphatic heterocycles. The summed E-state index contributed by atoms with van der Waals surface area (Å²) >= 11 is 7.87. The van der Waals surface area contributed by atoms with Crippen LogP contribution in [-0.2, 0) is 0 Å². The van der Waals surface area contributed by atoms with E-state index in [1.54, 1.807) is 7.11 Å². The highest BCUT2D eigenvalue weighted by atomic mass is 35.5. The van der Waals surface area contributed by atoms with Crippen LogP contribution in [0.2, 0.25) is 5.02 Å². The van der Waals surface area contributed by atoms with Crippen LogP contribution in [0.15, 0.2) is 18.2 Å². The molecule has 3 nitrogen and oxygen atoms in total. The van der Waals surface area contributed by atoms with E-state index in [2.05, 4.69) is 12.3 Å². The van der Waals surface area contributed by atoms with Crippen molar-refractivity contribution in [2.24, 2.45) is 5.84 Å². The molecule has 0 amide bonds. The van der Waals surface area contributed by atoms with Crippen molar-refractivity contribution in [2.75, 3.05) is 18.6 Å². The van der Waals surface area contributed by atoms with Gasteiger partial charge < -0.3 is 4.74 Å². The van der Waals surface area contributed by atoms with Crippen LogP contribution in [-0.4, -0.2) is 18.6 Å². The monoisotopic (exact) mass is 274 g/mol. The van der Waals surface area contributed by atoms with Gasteiger partial charge in [-0.25, -0.2) is 0 Å². The van der Waals surface area contributed by atoms with Gasteiger partial charge in [-0.05, 0) is 30.4 Å². The summed E-state index contributed by atoms with van der Waals surface area (Å²) in [7, 11) is 1.65. The molecule has 0 spiro atoms. The van der Waals surface area contributed by atoms with Crippen molar-refractivity contribution in [2.45, 2.75) is 19.4 Å². The Morgan fingerprint density at radius 2 is 2.29 bits per heavy atom. The van der Waals surface area contributed by atoms with Crippen molar-refractivity contribution >= 4 is 23.4 Å². The maximum absolute atomic E-state index is 6.01. The van der Waals surface area contributed by atoms with Crippen LogP contribution in [0.25, 0.3) is 0 Å². The second-order valence-corrected chi connectivity index (χ2v) is 5.27. The minimum atomic E-state index is 0.0557. The van der Waals surface area contributed by atoms with Gasteiger partial charge in [-0.3, -0.25) is 11.3 Å². The van der Waals surface area contributed by atoms with Gasteiger partial charge in [-0.15, -0.1) is 0 Å². The molecule has 5 heteroatoms. The summed E-state index contributed by atoms with van der Waals surface area (Å²) in [6, 6.07) is 5.64. The lowest BCUT2D eigenvalue weighted by Crippen LogP contribution is -2.30. The number of thioether (sulfide) groups is 1. The Morgan fingerprint density at radius 1 is 1.53 bits per heavy atom. The van der Waals surface area contributed by atoms with Gasteiger partial charge in [0.1, 0.15) is 5.75 Å². The molecule has 0 aliphatic rings. The van der Waals surface area contributed by atoms with Crippen molar-refractivity contribution in [3.05, 3.63) is 28.8 Å². The van der Waals surface area contributed by atoms with E-state index in [-0.39, 0.29) is 6.04 Å². The second kappa shape index (κ2) is 7.82. The van der Waals surface area contributed by atoms with Crippen LogP contribution >= 0.6 is 23.4 Å². The van der Waals surface area contributed by atoms with Crippen LogP contribution in [0, 0.1) is 0 Å². The highest BCUT2D eigenvalue weighted by Crippen LogP contribution is 2.29. The van der Waals surface area contributed by atoms with E-state index < -0.39 is 0 Å². The standard InChI is InChI=1S/C12H19ClN2OS/c1-3-6-17-8-11(15-14)10-7-9(13)4-5-12(10)16-2/h4-5,7,11,15H,3,6,8,14H2,1-2H3. The average Bonchev–Trinajstić information content (AvgIpc) is 2.35. The van der Waals surface area contributed by atoms with Gasteiger partial charge in [0.2, 0.25) is 0 Å². The quantitative estimate of drug-likeness (QED) is 0.456. The molecular formula is C12H19ClN2OS. The predicted molar refractivity (Wildman–Crippen MR) is 75.7 cm³/mol. The first kappa shape index (κ1) is 14.6. The second-order valence-electron chi connectivity index (χ2n) is 3.68. The first-order chi connectivity index (χ1) is 8.22. The molecular weight excluding hydrogens is 256 g/mol. The smallest absolute Gasteiger partial charge is 0.123 e. The molecule has 1 atom stereocenters. The normalized spacial score (nSPS) is 12.5. The lowest BCUT2D eigenvalue weighted by atomic mass is 10.1. The average molecular weight is 275 g/mol. The number of hydrogen-bond acceptors (Lipinski definition) is 4. The van der Waals surface area contributed by atoms with E-state index in [0.717, 1.165) is 29.2 Å². The molecule has 0 aliphatic carbocycles. The van der Waals surface area contributed by atoms with Crippen molar-refractivity contribution in [3.63, 3.8) is 0 Å². The summed E-state index contributed by atoms with van der Waals surface area (Å²) < 4.78 is 5.33. The molecule has 0 aromatic heterocycles. The zero-order chi connectivity index (χ0) is 12.7. The first-order valence-corrected chi connectivity index (χ1v) is 7.13. The van der Waals surface area contributed by atoms with E-state index in [9.17, 15) is 0 Å². The van der Waals surface area contributed by atoms with Gasteiger partial charge in [0.15, 0.2) is 0 Å². The molecule has 0 saturated heterocycles. The zero-order valence-corrected chi connectivity index (χ0v) is 11.8. The largest absolute Gasteiger partial charge is 0.496 e. The molecule has 1 rings (SSSR count). The molecule has 1 aromatic carbocycles. The number of hydrogen-bond donors (Lipinski definition) is 2. The molecule has 0 saturated carbocycles. The predicted octanol–water partition coefficient (Wildman–Crippen LogP) is 3.00. The van der Waals surface area contributed by atoms with Crippen molar-refractivity contribution in [1.29, 1.82) is 0 Å². The van der Waals surface area contributed by atoms with Crippen molar-refractivity contribution in [1.82, 2.24) is 5.43 Å². The van der Waals surface area contributed by atoms with Crippen molar-refractivity contribution in [3.8, 4) is 5.75 Å². The van der Waals surface area contributed by atoms with Gasteiger partial charge in [0.25, 0.3) is 0 Å². The Kier molecular flexibility index (Phi) is 6.73. The third-order valence-electron chi connectivity index (χ3n) is 2.40. The molecule has 0 fully saturated rings. The lowest BCUT2D eigenvalue weighted by Gasteiger charge is -2.19. The van der Waals surface area contributed by atoms with Crippen molar-refractivity contribution < 1.29 is 4.74 Å². The molecule has 0 radical (unpaired) electrons. The van der Waals surface area contributed by atoms with Gasteiger partial charge in [-0.2, -0.15) is 11.8 Å². The Labute approximate surface area is 112 Å². The lowest BCUT2D eigenvalue weighted by molar-refractivity contribution is 0.403. The summed E-state index contributed by atoms with van der Waals surface area (Å²) in [5, 5.41) is 0.696. The molecule has 1 aromatic rings. The van der Waals surface area contributed by atoms with Crippen LogP contribution in [0.3, 0.4) is 0 Å². The molecule has 17 heavy (non-hydrogen) atoms. The summed E-state index contributed by atoms with van der Waals surface area (Å²) in [6.07, 6.45) is 1.16. The fourth-order valence-electron chi connectivity index (χ4n) is 1.55. The highest BCUT2D eigenvalue weighted by Gasteiger charge is 2.15. The Hall–Kier alpha value is -0.420. The van der Waals surface area contributed by atoms with Crippen LogP contribution in [0.1, 0.15) is 24.9 Å². The number of halogens is 1. The number of nitrogens with one attached hydrogen (secondary N) is 1. The number of nitrogens with two attached hydrogens (primary N) is 1. The Bertz CT molecular complexity index is 349. The van der Waals surface area contributed by atoms with Gasteiger partial charge in [-0.1, -0.05) is 18.5 Å². The molecule has 0 heterocycles. The zero-order valence-electron chi connectivity index (χ0n) is 10.2. The van der Waals surface area contributed by atoms with Gasteiger partial charge >= 0.3 is 0 Å². The number of rotatable bonds is 7. The summed E-state index contributed by atoms with van der Waals surface area (Å²) in [5.41, 5.74) is 3.83. The minimum absolute atomic E-state index is 0.0557. The van der Waals surface area contributed by atoms with E-state index in [1.807, 2.05) is 30.0 Å². The van der Waals surface area contributed by atoms with Crippen LogP contribution < -0.4 is 16.0 Å². The summed E-state index contributed by atoms with van der Waals surface area (Å²) in [6.45, 7) is 2.16. The van der Waals surface area contributed by atoms with E-state index in [0.29, 0.717) is 5.02 Å². The fourth-order valence-corrected chi connectivity index (χ4v) is 2.70. The third-order valence-corrected chi connectivity index (χ3v) is 3.90. The topological polar surface area (TPSA) is 47.3 Å². The number of benzene rings is 1. The highest BCUT2D eigenvalue weighted by molar-refractivity contribution is 7.99. The number of ether oxygens (including phenoxy) is 1. The third kappa shape index (κ3) is 4.39. The Morgan fingerprint density at radius 3 is 2.88 bits per heavy atom. The summed E-state index contributed by atoms with van der Waals surface area (Å²) in [4.78, 5) is 0. The van der Waals surface area contributed by atoms with E-state index in [1.165, 1.54) is 0 Å². The van der Waals surface area contributed by atoms with E-state index in [4.69, 9.17) is 22.2 Å². The SMILES string of the molecule is CCCSCC(NN)c1cc(Cl)ccc1OC. The Balaban J connectivity index is 2.82. The number of hydrazine groups is 1. The molecule has 3 N–H and O–H groups in total. The van der Waals surface area contributed by atoms with E-state index >= 15 is 0 Å². The molecule has 96 valence electrons. The maximum Gasteiger partial charge on any atom is 0.123 e. The first-order valence-electron chi connectivity index (χ1n) is 5.60. The fraction of sp³-hybridized carbons (Fsp3) is 0.500. The minimum Gasteiger partial charge on any atom is -0.496 e. The maximum atomic E-state index is 6.01. The summed E-state index contributed by atoms with van der Waals surface area (Å²) in [5.74, 6) is 8.44. The van der Waals surface area contributed by atoms with Gasteiger partial charge in [0.05, 0.1) is 13.2 Å².